The monoisotopic (exact) mass is 268 g/mol. The molecule has 0 spiro atoms. The van der Waals surface area contributed by atoms with Crippen LogP contribution in [0.4, 0.5) is 0 Å². The molecule has 0 bridgehead atoms. The Bertz CT molecular complexity index is 436. The number of benzene rings is 1. The minimum Gasteiger partial charge on any atom is -0.478 e. The van der Waals surface area contributed by atoms with E-state index in [0.717, 1.165) is 6.07 Å². The van der Waals surface area contributed by atoms with Gasteiger partial charge in [0.15, 0.2) is 0 Å². The van der Waals surface area contributed by atoms with E-state index in [1.54, 1.807) is 6.92 Å². The third kappa shape index (κ3) is 4.69. The molecule has 19 heavy (non-hydrogen) atoms. The third-order valence-corrected chi connectivity index (χ3v) is 2.50. The maximum Gasteiger partial charge on any atom is 0.335 e. The molecule has 1 unspecified atom stereocenters. The van der Waals surface area contributed by atoms with Gasteiger partial charge in [-0.25, -0.2) is 9.59 Å². The van der Waals surface area contributed by atoms with E-state index in [9.17, 15) is 9.59 Å². The molecule has 1 atom stereocenters. The maximum atomic E-state index is 10.9. The number of hydrogen-bond acceptors (Lipinski definition) is 4. The molecule has 0 radical (unpaired) electrons. The van der Waals surface area contributed by atoms with Gasteiger partial charge in [0.2, 0.25) is 0 Å². The van der Waals surface area contributed by atoms with Gasteiger partial charge in [0, 0.05) is 0 Å². The van der Waals surface area contributed by atoms with Crippen molar-refractivity contribution in [1.82, 2.24) is 0 Å². The summed E-state index contributed by atoms with van der Waals surface area (Å²) in [7, 11) is 0. The van der Waals surface area contributed by atoms with Gasteiger partial charge in [-0.3, -0.25) is 0 Å². The first-order valence-corrected chi connectivity index (χ1v) is 5.77. The van der Waals surface area contributed by atoms with E-state index in [0.29, 0.717) is 12.0 Å². The second-order valence-electron chi connectivity index (χ2n) is 4.14. The SMILES string of the molecule is CC(Cc1cc(C(=O)O)cc(C(=O)O)c1)OCCO. The molecule has 3 N–H and O–H groups in total. The Morgan fingerprint density at radius 1 is 1.16 bits per heavy atom. The number of aliphatic hydroxyl groups is 1. The maximum absolute atomic E-state index is 10.9. The lowest BCUT2D eigenvalue weighted by molar-refractivity contribution is 0.0395. The van der Waals surface area contributed by atoms with Crippen LogP contribution in [0.25, 0.3) is 0 Å². The Hall–Kier alpha value is -1.92. The molecule has 0 aliphatic rings. The average Bonchev–Trinajstić information content (AvgIpc) is 2.35. The van der Waals surface area contributed by atoms with Gasteiger partial charge in [-0.05, 0) is 37.1 Å². The Morgan fingerprint density at radius 3 is 2.11 bits per heavy atom. The smallest absolute Gasteiger partial charge is 0.335 e. The third-order valence-electron chi connectivity index (χ3n) is 2.50. The number of carboxylic acid groups (broad SMARTS) is 2. The van der Waals surface area contributed by atoms with Crippen LogP contribution in [0.3, 0.4) is 0 Å². The fourth-order valence-electron chi connectivity index (χ4n) is 1.70. The molecule has 0 aromatic heterocycles. The highest BCUT2D eigenvalue weighted by Crippen LogP contribution is 2.14. The highest BCUT2D eigenvalue weighted by atomic mass is 16.5. The molecular weight excluding hydrogens is 252 g/mol. The molecule has 0 saturated heterocycles. The number of carbonyl (C=O) groups is 2. The number of aromatic carboxylic acids is 2. The number of carboxylic acids is 2. The molecule has 0 aliphatic heterocycles. The lowest BCUT2D eigenvalue weighted by Crippen LogP contribution is -2.15. The lowest BCUT2D eigenvalue weighted by atomic mass is 10.0. The Kier molecular flexibility index (Phi) is 5.47. The molecule has 1 aromatic carbocycles. The van der Waals surface area contributed by atoms with E-state index >= 15 is 0 Å². The Morgan fingerprint density at radius 2 is 1.68 bits per heavy atom. The van der Waals surface area contributed by atoms with E-state index in [-0.39, 0.29) is 30.4 Å². The molecule has 0 heterocycles. The van der Waals surface area contributed by atoms with Gasteiger partial charge in [0.05, 0.1) is 30.4 Å². The van der Waals surface area contributed by atoms with Crippen LogP contribution < -0.4 is 0 Å². The van der Waals surface area contributed by atoms with Gasteiger partial charge in [0.25, 0.3) is 0 Å². The van der Waals surface area contributed by atoms with Crippen LogP contribution in [0.5, 0.6) is 0 Å². The van der Waals surface area contributed by atoms with Gasteiger partial charge in [0.1, 0.15) is 0 Å². The molecule has 104 valence electrons. The predicted octanol–water partition coefficient (Wildman–Crippen LogP) is 1.02. The van der Waals surface area contributed by atoms with Crippen LogP contribution >= 0.6 is 0 Å². The van der Waals surface area contributed by atoms with Crippen molar-refractivity contribution in [2.24, 2.45) is 0 Å². The summed E-state index contributed by atoms with van der Waals surface area (Å²) in [6.07, 6.45) is 0.138. The van der Waals surface area contributed by atoms with Crippen molar-refractivity contribution in [2.75, 3.05) is 13.2 Å². The minimum absolute atomic E-state index is 0.0655. The summed E-state index contributed by atoms with van der Waals surface area (Å²) >= 11 is 0. The topological polar surface area (TPSA) is 104 Å². The molecule has 0 aliphatic carbocycles. The number of hydrogen-bond donors (Lipinski definition) is 3. The van der Waals surface area contributed by atoms with Gasteiger partial charge in [-0.1, -0.05) is 0 Å². The first-order chi connectivity index (χ1) is 8.93. The van der Waals surface area contributed by atoms with Crippen molar-refractivity contribution < 1.29 is 29.6 Å². The van der Waals surface area contributed by atoms with Crippen molar-refractivity contribution in [3.63, 3.8) is 0 Å². The highest BCUT2D eigenvalue weighted by Gasteiger charge is 2.13. The average molecular weight is 268 g/mol. The molecule has 6 nitrogen and oxygen atoms in total. The van der Waals surface area contributed by atoms with E-state index < -0.39 is 11.9 Å². The lowest BCUT2D eigenvalue weighted by Gasteiger charge is -2.13. The number of ether oxygens (including phenoxy) is 1. The van der Waals surface area contributed by atoms with Gasteiger partial charge >= 0.3 is 11.9 Å². The van der Waals surface area contributed by atoms with Crippen molar-refractivity contribution in [3.8, 4) is 0 Å². The predicted molar refractivity (Wildman–Crippen MR) is 66.6 cm³/mol. The van der Waals surface area contributed by atoms with Crippen LogP contribution in [0, 0.1) is 0 Å². The Labute approximate surface area is 110 Å². The quantitative estimate of drug-likeness (QED) is 0.682. The van der Waals surface area contributed by atoms with E-state index in [2.05, 4.69) is 0 Å². The summed E-state index contributed by atoms with van der Waals surface area (Å²) in [4.78, 5) is 21.9. The molecule has 0 fully saturated rings. The minimum atomic E-state index is -1.17. The van der Waals surface area contributed by atoms with E-state index in [1.165, 1.54) is 12.1 Å². The van der Waals surface area contributed by atoms with Crippen LogP contribution in [-0.4, -0.2) is 46.6 Å². The van der Waals surface area contributed by atoms with Crippen LogP contribution in [0.2, 0.25) is 0 Å². The molecule has 0 amide bonds. The first-order valence-electron chi connectivity index (χ1n) is 5.77. The van der Waals surface area contributed by atoms with Crippen molar-refractivity contribution in [2.45, 2.75) is 19.4 Å². The molecule has 6 heteroatoms. The molecule has 1 rings (SSSR count). The van der Waals surface area contributed by atoms with Crippen LogP contribution in [-0.2, 0) is 11.2 Å². The fourth-order valence-corrected chi connectivity index (χ4v) is 1.70. The summed E-state index contributed by atoms with van der Waals surface area (Å²) in [5.41, 5.74) is 0.441. The number of rotatable bonds is 7. The molecular formula is C13H16O6. The van der Waals surface area contributed by atoms with E-state index in [1.807, 2.05) is 0 Å². The molecule has 0 saturated carbocycles. The summed E-state index contributed by atoms with van der Waals surface area (Å²) in [6.45, 7) is 1.86. The zero-order valence-corrected chi connectivity index (χ0v) is 10.5. The standard InChI is InChI=1S/C13H16O6/c1-8(19-3-2-14)4-9-5-10(12(15)16)7-11(6-9)13(17)18/h5-8,14H,2-4H2,1H3,(H,15,16)(H,17,18). The van der Waals surface area contributed by atoms with Crippen molar-refractivity contribution >= 4 is 11.9 Å². The normalized spacial score (nSPS) is 12.1. The van der Waals surface area contributed by atoms with Crippen LogP contribution in [0.15, 0.2) is 18.2 Å². The summed E-state index contributed by atoms with van der Waals surface area (Å²) in [5.74, 6) is -2.35. The summed E-state index contributed by atoms with van der Waals surface area (Å²) in [6, 6.07) is 3.97. The van der Waals surface area contributed by atoms with Crippen molar-refractivity contribution in [3.05, 3.63) is 34.9 Å². The van der Waals surface area contributed by atoms with Gasteiger partial charge in [-0.15, -0.1) is 0 Å². The van der Waals surface area contributed by atoms with Gasteiger partial charge in [-0.2, -0.15) is 0 Å². The van der Waals surface area contributed by atoms with E-state index in [4.69, 9.17) is 20.1 Å². The van der Waals surface area contributed by atoms with Crippen LogP contribution in [0.1, 0.15) is 33.2 Å². The summed E-state index contributed by atoms with van der Waals surface area (Å²) in [5, 5.41) is 26.5. The largest absolute Gasteiger partial charge is 0.478 e. The zero-order chi connectivity index (χ0) is 14.4. The highest BCUT2D eigenvalue weighted by molar-refractivity contribution is 5.94. The zero-order valence-electron chi connectivity index (χ0n) is 10.5. The molecule has 1 aromatic rings. The Balaban J connectivity index is 2.93. The van der Waals surface area contributed by atoms with Gasteiger partial charge < -0.3 is 20.1 Å². The van der Waals surface area contributed by atoms with Crippen molar-refractivity contribution in [1.29, 1.82) is 0 Å². The number of aliphatic hydroxyl groups excluding tert-OH is 1. The first kappa shape index (κ1) is 15.1. The second-order valence-corrected chi connectivity index (χ2v) is 4.14. The summed E-state index contributed by atoms with van der Waals surface area (Å²) < 4.78 is 5.25. The fraction of sp³-hybridized carbons (Fsp3) is 0.385. The second kappa shape index (κ2) is 6.86.